The highest BCUT2D eigenvalue weighted by Crippen LogP contribution is 2.17. The number of rotatable bonds is 4. The van der Waals surface area contributed by atoms with Crippen LogP contribution in [0.2, 0.25) is 0 Å². The summed E-state index contributed by atoms with van der Waals surface area (Å²) in [5.41, 5.74) is 0.950. The largest absolute Gasteiger partial charge is 0.394 e. The molecule has 0 aliphatic heterocycles. The maximum Gasteiger partial charge on any atom is 0.255 e. The summed E-state index contributed by atoms with van der Waals surface area (Å²) in [5, 5.41) is 13.4. The van der Waals surface area contributed by atoms with Crippen LogP contribution in [0.25, 0.3) is 10.8 Å². The summed E-state index contributed by atoms with van der Waals surface area (Å²) in [7, 11) is 0. The number of benzene rings is 2. The highest BCUT2D eigenvalue weighted by Gasteiger charge is 2.17. The molecule has 1 heterocycles. The summed E-state index contributed by atoms with van der Waals surface area (Å²) >= 11 is 0. The van der Waals surface area contributed by atoms with E-state index < -0.39 is 6.04 Å². The molecular formula is C18H16N2O3. The Morgan fingerprint density at radius 1 is 1.04 bits per heavy atom. The van der Waals surface area contributed by atoms with Gasteiger partial charge in [0.05, 0.1) is 18.2 Å². The van der Waals surface area contributed by atoms with E-state index in [1.807, 2.05) is 30.3 Å². The van der Waals surface area contributed by atoms with Crippen molar-refractivity contribution in [2.45, 2.75) is 6.04 Å². The van der Waals surface area contributed by atoms with Gasteiger partial charge in [-0.05, 0) is 11.6 Å². The molecule has 0 aliphatic rings. The number of hydrogen-bond donors (Lipinski definition) is 3. The Hall–Kier alpha value is -2.92. The second-order valence-corrected chi connectivity index (χ2v) is 5.20. The Morgan fingerprint density at radius 3 is 2.39 bits per heavy atom. The molecule has 0 aliphatic carbocycles. The van der Waals surface area contributed by atoms with Crippen molar-refractivity contribution in [2.24, 2.45) is 0 Å². The van der Waals surface area contributed by atoms with Crippen LogP contribution in [-0.4, -0.2) is 22.6 Å². The summed E-state index contributed by atoms with van der Waals surface area (Å²) in [6.07, 6.45) is 1.40. The SMILES string of the molecule is O=C(N[C@@H](CO)c1ccccc1)c1c[nH]c(=O)c2ccccc12. The normalized spacial score (nSPS) is 12.0. The molecule has 0 saturated carbocycles. The van der Waals surface area contributed by atoms with Crippen LogP contribution in [-0.2, 0) is 0 Å². The number of carbonyl (C=O) groups is 1. The van der Waals surface area contributed by atoms with Gasteiger partial charge in [0.2, 0.25) is 0 Å². The minimum absolute atomic E-state index is 0.211. The number of fused-ring (bicyclic) bond motifs is 1. The van der Waals surface area contributed by atoms with Crippen molar-refractivity contribution >= 4 is 16.7 Å². The summed E-state index contributed by atoms with van der Waals surface area (Å²) in [5.74, 6) is -0.347. The fraction of sp³-hybridized carbons (Fsp3) is 0.111. The zero-order valence-corrected chi connectivity index (χ0v) is 12.3. The fourth-order valence-corrected chi connectivity index (χ4v) is 2.55. The second kappa shape index (κ2) is 6.46. The van der Waals surface area contributed by atoms with Gasteiger partial charge in [-0.1, -0.05) is 48.5 Å². The molecule has 2 aromatic carbocycles. The van der Waals surface area contributed by atoms with Gasteiger partial charge in [-0.15, -0.1) is 0 Å². The van der Waals surface area contributed by atoms with Crippen LogP contribution in [0.5, 0.6) is 0 Å². The molecule has 1 aromatic heterocycles. The van der Waals surface area contributed by atoms with Crippen molar-refractivity contribution in [2.75, 3.05) is 6.61 Å². The molecular weight excluding hydrogens is 292 g/mol. The topological polar surface area (TPSA) is 82.2 Å². The van der Waals surface area contributed by atoms with Crippen LogP contribution in [0.1, 0.15) is 22.0 Å². The molecule has 5 heteroatoms. The van der Waals surface area contributed by atoms with Crippen molar-refractivity contribution in [3.05, 3.63) is 82.3 Å². The van der Waals surface area contributed by atoms with Crippen molar-refractivity contribution in [1.29, 1.82) is 0 Å². The van der Waals surface area contributed by atoms with Gasteiger partial charge in [0.25, 0.3) is 11.5 Å². The number of hydrogen-bond acceptors (Lipinski definition) is 3. The molecule has 0 fully saturated rings. The van der Waals surface area contributed by atoms with Crippen LogP contribution < -0.4 is 10.9 Å². The van der Waals surface area contributed by atoms with E-state index in [0.717, 1.165) is 5.56 Å². The van der Waals surface area contributed by atoms with E-state index in [4.69, 9.17) is 0 Å². The highest BCUT2D eigenvalue weighted by molar-refractivity contribution is 6.06. The third-order valence-corrected chi connectivity index (χ3v) is 3.74. The smallest absolute Gasteiger partial charge is 0.255 e. The summed E-state index contributed by atoms with van der Waals surface area (Å²) in [6.45, 7) is -0.211. The molecule has 116 valence electrons. The lowest BCUT2D eigenvalue weighted by Gasteiger charge is -2.17. The number of H-pyrrole nitrogens is 1. The summed E-state index contributed by atoms with van der Waals surface area (Å²) in [4.78, 5) is 27.0. The number of aromatic nitrogens is 1. The monoisotopic (exact) mass is 308 g/mol. The number of aromatic amines is 1. The van der Waals surface area contributed by atoms with Gasteiger partial charge in [-0.2, -0.15) is 0 Å². The number of aliphatic hydroxyl groups is 1. The molecule has 5 nitrogen and oxygen atoms in total. The van der Waals surface area contributed by atoms with Gasteiger partial charge in [-0.3, -0.25) is 9.59 Å². The molecule has 3 N–H and O–H groups in total. The molecule has 0 unspecified atom stereocenters. The zero-order valence-electron chi connectivity index (χ0n) is 12.3. The van der Waals surface area contributed by atoms with Crippen molar-refractivity contribution in [3.8, 4) is 0 Å². The van der Waals surface area contributed by atoms with Crippen LogP contribution in [0.4, 0.5) is 0 Å². The molecule has 0 spiro atoms. The van der Waals surface area contributed by atoms with Gasteiger partial charge in [-0.25, -0.2) is 0 Å². The van der Waals surface area contributed by atoms with E-state index >= 15 is 0 Å². The van der Waals surface area contributed by atoms with Crippen LogP contribution in [0, 0.1) is 0 Å². The summed E-state index contributed by atoms with van der Waals surface area (Å²) < 4.78 is 0. The molecule has 1 atom stereocenters. The Morgan fingerprint density at radius 2 is 1.70 bits per heavy atom. The maximum atomic E-state index is 12.6. The average molecular weight is 308 g/mol. The Labute approximate surface area is 132 Å². The van der Waals surface area contributed by atoms with Gasteiger partial charge in [0.15, 0.2) is 0 Å². The first-order chi connectivity index (χ1) is 11.2. The Balaban J connectivity index is 1.95. The number of amides is 1. The Bertz CT molecular complexity index is 887. The van der Waals surface area contributed by atoms with E-state index in [1.165, 1.54) is 6.20 Å². The van der Waals surface area contributed by atoms with Gasteiger partial charge >= 0.3 is 0 Å². The third-order valence-electron chi connectivity index (χ3n) is 3.74. The molecule has 0 saturated heterocycles. The third kappa shape index (κ3) is 3.00. The van der Waals surface area contributed by atoms with Gasteiger partial charge in [0.1, 0.15) is 0 Å². The lowest BCUT2D eigenvalue weighted by atomic mass is 10.0. The van der Waals surface area contributed by atoms with Gasteiger partial charge in [0, 0.05) is 17.0 Å². The second-order valence-electron chi connectivity index (χ2n) is 5.20. The maximum absolute atomic E-state index is 12.6. The minimum Gasteiger partial charge on any atom is -0.394 e. The van der Waals surface area contributed by atoms with Crippen molar-refractivity contribution in [3.63, 3.8) is 0 Å². The van der Waals surface area contributed by atoms with E-state index in [-0.39, 0.29) is 18.1 Å². The van der Waals surface area contributed by atoms with Crippen molar-refractivity contribution in [1.82, 2.24) is 10.3 Å². The van der Waals surface area contributed by atoms with Crippen LogP contribution in [0.15, 0.2) is 65.6 Å². The fourth-order valence-electron chi connectivity index (χ4n) is 2.55. The number of aliphatic hydroxyl groups excluding tert-OH is 1. The number of carbonyl (C=O) groups excluding carboxylic acids is 1. The predicted octanol–water partition coefficient (Wildman–Crippen LogP) is 1.99. The minimum atomic E-state index is -0.505. The lowest BCUT2D eigenvalue weighted by molar-refractivity contribution is 0.0917. The average Bonchev–Trinajstić information content (AvgIpc) is 2.61. The zero-order chi connectivity index (χ0) is 16.2. The molecule has 1 amide bonds. The first-order valence-corrected chi connectivity index (χ1v) is 7.28. The van der Waals surface area contributed by atoms with E-state index in [2.05, 4.69) is 10.3 Å². The van der Waals surface area contributed by atoms with Gasteiger partial charge < -0.3 is 15.4 Å². The number of pyridine rings is 1. The Kier molecular flexibility index (Phi) is 4.21. The number of nitrogens with one attached hydrogen (secondary N) is 2. The molecule has 23 heavy (non-hydrogen) atoms. The van der Waals surface area contributed by atoms with E-state index in [1.54, 1.807) is 24.3 Å². The molecule has 3 aromatic rings. The standard InChI is InChI=1S/C18H16N2O3/c21-11-16(12-6-2-1-3-7-12)20-18(23)15-10-19-17(22)14-9-5-4-8-13(14)15/h1-10,16,21H,11H2,(H,19,22)(H,20,23)/t16-/m0/s1. The van der Waals surface area contributed by atoms with Crippen LogP contribution >= 0.6 is 0 Å². The summed E-state index contributed by atoms with van der Waals surface area (Å²) in [6, 6.07) is 15.7. The van der Waals surface area contributed by atoms with Crippen LogP contribution in [0.3, 0.4) is 0 Å². The van der Waals surface area contributed by atoms with E-state index in [9.17, 15) is 14.7 Å². The first-order valence-electron chi connectivity index (χ1n) is 7.28. The molecule has 3 rings (SSSR count). The predicted molar refractivity (Wildman–Crippen MR) is 88.3 cm³/mol. The van der Waals surface area contributed by atoms with E-state index in [0.29, 0.717) is 16.3 Å². The highest BCUT2D eigenvalue weighted by atomic mass is 16.3. The lowest BCUT2D eigenvalue weighted by Crippen LogP contribution is -2.31. The van der Waals surface area contributed by atoms with Crippen molar-refractivity contribution < 1.29 is 9.90 Å². The molecule has 0 radical (unpaired) electrons. The first kappa shape index (κ1) is 15.0. The molecule has 0 bridgehead atoms. The quantitative estimate of drug-likeness (QED) is 0.689.